The predicted octanol–water partition coefficient (Wildman–Crippen LogP) is 2.59. The molecule has 0 saturated heterocycles. The fraction of sp³-hybridized carbons (Fsp3) is 0.231. The number of aromatic nitrogens is 4. The van der Waals surface area contributed by atoms with Gasteiger partial charge >= 0.3 is 6.18 Å². The van der Waals surface area contributed by atoms with Gasteiger partial charge in [-0.15, -0.1) is 10.2 Å². The number of rotatable bonds is 4. The minimum absolute atomic E-state index is 0.0162. The van der Waals surface area contributed by atoms with Gasteiger partial charge in [0.2, 0.25) is 4.96 Å². The Morgan fingerprint density at radius 1 is 1.15 bits per heavy atom. The van der Waals surface area contributed by atoms with E-state index in [1.807, 2.05) is 0 Å². The molecule has 13 heteroatoms. The zero-order valence-corrected chi connectivity index (χ0v) is 13.3. The number of hydrogen-bond acceptors (Lipinski definition) is 5. The van der Waals surface area contributed by atoms with E-state index in [-0.39, 0.29) is 22.9 Å². The Bertz CT molecular complexity index is 981. The Kier molecular flexibility index (Phi) is 4.56. The van der Waals surface area contributed by atoms with Gasteiger partial charge in [0.25, 0.3) is 11.7 Å². The van der Waals surface area contributed by atoms with Crippen molar-refractivity contribution in [2.45, 2.75) is 12.6 Å². The summed E-state index contributed by atoms with van der Waals surface area (Å²) in [7, 11) is 0. The quantitative estimate of drug-likeness (QED) is 0.545. The van der Waals surface area contributed by atoms with Gasteiger partial charge in [-0.05, 0) is 12.1 Å². The number of nitrogens with zero attached hydrogens (tertiary/aromatic N) is 4. The molecule has 0 radical (unpaired) electrons. The van der Waals surface area contributed by atoms with Gasteiger partial charge in [0, 0.05) is 13.0 Å². The van der Waals surface area contributed by atoms with E-state index in [0.29, 0.717) is 10.6 Å². The maximum absolute atomic E-state index is 13.5. The van der Waals surface area contributed by atoms with Crippen LogP contribution in [0.25, 0.3) is 4.96 Å². The van der Waals surface area contributed by atoms with Crippen LogP contribution >= 0.6 is 11.3 Å². The van der Waals surface area contributed by atoms with E-state index in [4.69, 9.17) is 0 Å². The molecular formula is C13H7F6N5OS. The third kappa shape index (κ3) is 3.34. The van der Waals surface area contributed by atoms with Crippen LogP contribution in [0.4, 0.5) is 26.3 Å². The Morgan fingerprint density at radius 2 is 1.88 bits per heavy atom. The molecule has 3 aromatic rings. The molecule has 3 rings (SSSR count). The molecule has 1 amide bonds. The lowest BCUT2D eigenvalue weighted by molar-refractivity contribution is -0.146. The van der Waals surface area contributed by atoms with Crippen LogP contribution in [0, 0.1) is 17.5 Å². The van der Waals surface area contributed by atoms with E-state index in [0.717, 1.165) is 17.4 Å². The molecule has 0 aliphatic rings. The zero-order valence-electron chi connectivity index (χ0n) is 12.4. The molecule has 26 heavy (non-hydrogen) atoms. The molecule has 2 heterocycles. The normalized spacial score (nSPS) is 11.9. The largest absolute Gasteiger partial charge is 0.453 e. The van der Waals surface area contributed by atoms with Gasteiger partial charge in [0.1, 0.15) is 5.01 Å². The second-order valence-electron chi connectivity index (χ2n) is 4.94. The summed E-state index contributed by atoms with van der Waals surface area (Å²) in [4.78, 5) is 11.7. The van der Waals surface area contributed by atoms with Gasteiger partial charge in [0.05, 0.1) is 5.56 Å². The lowest BCUT2D eigenvalue weighted by atomic mass is 10.2. The van der Waals surface area contributed by atoms with E-state index >= 15 is 0 Å². The number of benzene rings is 1. The summed E-state index contributed by atoms with van der Waals surface area (Å²) in [6, 6.07) is 1.39. The van der Waals surface area contributed by atoms with Crippen molar-refractivity contribution in [1.29, 1.82) is 0 Å². The van der Waals surface area contributed by atoms with E-state index in [2.05, 4.69) is 20.6 Å². The average Bonchev–Trinajstić information content (AvgIpc) is 3.11. The molecule has 0 atom stereocenters. The lowest BCUT2D eigenvalue weighted by Gasteiger charge is -2.06. The van der Waals surface area contributed by atoms with Crippen LogP contribution in [0.5, 0.6) is 0 Å². The fourth-order valence-electron chi connectivity index (χ4n) is 2.01. The molecule has 0 aliphatic carbocycles. The van der Waals surface area contributed by atoms with Crippen molar-refractivity contribution in [3.05, 3.63) is 46.0 Å². The average molecular weight is 395 g/mol. The molecule has 1 N–H and O–H groups in total. The molecule has 1 aromatic carbocycles. The van der Waals surface area contributed by atoms with Gasteiger partial charge in [-0.25, -0.2) is 13.2 Å². The van der Waals surface area contributed by atoms with Crippen LogP contribution in [0.15, 0.2) is 12.1 Å². The highest BCUT2D eigenvalue weighted by atomic mass is 32.1. The summed E-state index contributed by atoms with van der Waals surface area (Å²) < 4.78 is 78.1. The SMILES string of the molecule is O=C(NCCc1nn2c(C(F)(F)F)nnc2s1)c1ccc(F)c(F)c1F. The summed E-state index contributed by atoms with van der Waals surface area (Å²) in [5, 5.41) is 12.5. The van der Waals surface area contributed by atoms with Crippen molar-refractivity contribution >= 4 is 22.2 Å². The third-order valence-corrected chi connectivity index (χ3v) is 4.15. The van der Waals surface area contributed by atoms with E-state index in [1.165, 1.54) is 0 Å². The van der Waals surface area contributed by atoms with Gasteiger partial charge < -0.3 is 5.32 Å². The molecule has 0 fully saturated rings. The number of fused-ring (bicyclic) bond motifs is 1. The minimum Gasteiger partial charge on any atom is -0.352 e. The van der Waals surface area contributed by atoms with Crippen molar-refractivity contribution in [1.82, 2.24) is 25.1 Å². The first kappa shape index (κ1) is 18.1. The Hall–Kier alpha value is -2.70. The molecule has 0 spiro atoms. The van der Waals surface area contributed by atoms with Gasteiger partial charge in [-0.3, -0.25) is 4.79 Å². The van der Waals surface area contributed by atoms with Gasteiger partial charge in [-0.1, -0.05) is 11.3 Å². The van der Waals surface area contributed by atoms with Crippen LogP contribution in [-0.2, 0) is 12.6 Å². The molecule has 6 nitrogen and oxygen atoms in total. The number of amides is 1. The number of halogens is 6. The summed E-state index contributed by atoms with van der Waals surface area (Å²) in [6.45, 7) is -0.122. The number of alkyl halides is 3. The van der Waals surface area contributed by atoms with Crippen molar-refractivity contribution < 1.29 is 31.1 Å². The summed E-state index contributed by atoms with van der Waals surface area (Å²) >= 11 is 0.833. The highest BCUT2D eigenvalue weighted by Crippen LogP contribution is 2.29. The van der Waals surface area contributed by atoms with Crippen molar-refractivity contribution in [3.8, 4) is 0 Å². The van der Waals surface area contributed by atoms with E-state index < -0.39 is 40.9 Å². The monoisotopic (exact) mass is 395 g/mol. The first-order valence-corrected chi connectivity index (χ1v) is 7.70. The number of hydrogen-bond donors (Lipinski definition) is 1. The van der Waals surface area contributed by atoms with Crippen LogP contribution < -0.4 is 5.32 Å². The van der Waals surface area contributed by atoms with Crippen LogP contribution in [0.2, 0.25) is 0 Å². The highest BCUT2D eigenvalue weighted by molar-refractivity contribution is 7.16. The Balaban J connectivity index is 1.67. The molecule has 0 saturated carbocycles. The topological polar surface area (TPSA) is 72.2 Å². The second-order valence-corrected chi connectivity index (χ2v) is 5.98. The fourth-order valence-corrected chi connectivity index (χ4v) is 2.85. The number of carbonyl (C=O) groups excluding carboxylic acids is 1. The molecule has 2 aromatic heterocycles. The minimum atomic E-state index is -4.72. The first-order valence-electron chi connectivity index (χ1n) is 6.88. The Labute approximate surface area is 144 Å². The van der Waals surface area contributed by atoms with Gasteiger partial charge in [-0.2, -0.15) is 22.8 Å². The molecule has 0 bridgehead atoms. The molecule has 0 aliphatic heterocycles. The van der Waals surface area contributed by atoms with Crippen molar-refractivity contribution in [2.24, 2.45) is 0 Å². The molecule has 0 unspecified atom stereocenters. The van der Waals surface area contributed by atoms with E-state index in [1.54, 1.807) is 0 Å². The maximum atomic E-state index is 13.5. The van der Waals surface area contributed by atoms with Crippen LogP contribution in [0.1, 0.15) is 21.2 Å². The van der Waals surface area contributed by atoms with Crippen molar-refractivity contribution in [3.63, 3.8) is 0 Å². The van der Waals surface area contributed by atoms with Crippen molar-refractivity contribution in [2.75, 3.05) is 6.54 Å². The number of carbonyl (C=O) groups is 1. The summed E-state index contributed by atoms with van der Waals surface area (Å²) in [5.41, 5.74) is -0.693. The number of nitrogens with one attached hydrogen (secondary N) is 1. The zero-order chi connectivity index (χ0) is 19.1. The molecule has 138 valence electrons. The lowest BCUT2D eigenvalue weighted by Crippen LogP contribution is -2.27. The Morgan fingerprint density at radius 3 is 2.58 bits per heavy atom. The van der Waals surface area contributed by atoms with Crippen LogP contribution in [0.3, 0.4) is 0 Å². The summed E-state index contributed by atoms with van der Waals surface area (Å²) in [6.07, 6.45) is -4.70. The summed E-state index contributed by atoms with van der Waals surface area (Å²) in [5.74, 6) is -7.11. The standard InChI is InChI=1S/C13H7F6N5OS/c14-6-2-1-5(8(15)9(6)16)10(25)20-4-3-7-23-24-11(13(17,18)19)21-22-12(24)26-7/h1-2H,3-4H2,(H,20,25). The second kappa shape index (κ2) is 6.55. The first-order chi connectivity index (χ1) is 12.2. The third-order valence-electron chi connectivity index (χ3n) is 3.19. The van der Waals surface area contributed by atoms with Gasteiger partial charge in [0.15, 0.2) is 17.5 Å². The van der Waals surface area contributed by atoms with Crippen LogP contribution in [-0.4, -0.2) is 32.3 Å². The molecular weight excluding hydrogens is 388 g/mol. The van der Waals surface area contributed by atoms with E-state index in [9.17, 15) is 31.1 Å². The predicted molar refractivity (Wildman–Crippen MR) is 76.0 cm³/mol. The maximum Gasteiger partial charge on any atom is 0.453 e. The highest BCUT2D eigenvalue weighted by Gasteiger charge is 2.38. The smallest absolute Gasteiger partial charge is 0.352 e.